The quantitative estimate of drug-likeness (QED) is 0.161. The van der Waals surface area contributed by atoms with Crippen LogP contribution >= 0.6 is 0 Å². The number of aromatic nitrogens is 4. The first-order valence-electron chi connectivity index (χ1n) is 15.4. The third kappa shape index (κ3) is 6.85. The molecule has 0 fully saturated rings. The molecule has 2 aliphatic rings. The number of hydrogen-bond donors (Lipinski definition) is 2. The molecule has 5 aromatic rings. The smallest absolute Gasteiger partial charge is 0.131 e. The van der Waals surface area contributed by atoms with Gasteiger partial charge >= 0.3 is 0 Å². The minimum atomic E-state index is -0.673. The lowest BCUT2D eigenvalue weighted by Gasteiger charge is -2.14. The van der Waals surface area contributed by atoms with Crippen molar-refractivity contribution in [2.24, 2.45) is 0 Å². The van der Waals surface area contributed by atoms with E-state index < -0.39 is 35.5 Å². The number of H-pyrrole nitrogens is 2. The Morgan fingerprint density at radius 3 is 1.85 bits per heavy atom. The fraction of sp³-hybridized carbons (Fsp3) is 0.158. The number of hydrogen-bond acceptors (Lipinski definition) is 4. The molecule has 6 nitrogen and oxygen atoms in total. The minimum absolute atomic E-state index is 0.0557. The Kier molecular flexibility index (Phi) is 8.51. The van der Waals surface area contributed by atoms with Crippen LogP contribution in [0, 0.1) is 23.3 Å². The highest BCUT2D eigenvalue weighted by Gasteiger charge is 2.20. The molecule has 0 amide bonds. The monoisotopic (exact) mass is 650 g/mol. The van der Waals surface area contributed by atoms with Crippen LogP contribution in [0.3, 0.4) is 0 Å². The molecule has 8 bridgehead atoms. The van der Waals surface area contributed by atoms with Crippen LogP contribution in [0.2, 0.25) is 0 Å². The van der Waals surface area contributed by atoms with E-state index in [-0.39, 0.29) is 24.3 Å². The van der Waals surface area contributed by atoms with Gasteiger partial charge in [0, 0.05) is 56.5 Å². The third-order valence-electron chi connectivity index (χ3n) is 8.24. The summed E-state index contributed by atoms with van der Waals surface area (Å²) in [5.74, 6) is -2.65. The number of ether oxygens (including phenoxy) is 2. The van der Waals surface area contributed by atoms with Crippen molar-refractivity contribution in [1.82, 2.24) is 19.9 Å². The maximum absolute atomic E-state index is 14.3. The second-order valence-corrected chi connectivity index (χ2v) is 11.7. The second-order valence-electron chi connectivity index (χ2n) is 11.7. The van der Waals surface area contributed by atoms with E-state index in [1.165, 1.54) is 24.3 Å². The largest absolute Gasteiger partial charge is 0.369 e. The van der Waals surface area contributed by atoms with E-state index in [1.54, 1.807) is 0 Å². The normalized spacial score (nSPS) is 13.8. The maximum atomic E-state index is 14.3. The zero-order chi connectivity index (χ0) is 33.4. The molecule has 2 atom stereocenters. The van der Waals surface area contributed by atoms with Gasteiger partial charge in [-0.3, -0.25) is 0 Å². The highest BCUT2D eigenvalue weighted by Crippen LogP contribution is 2.31. The summed E-state index contributed by atoms with van der Waals surface area (Å²) >= 11 is 0. The van der Waals surface area contributed by atoms with Gasteiger partial charge in [-0.1, -0.05) is 12.1 Å². The molecular formula is C38H30F4N4O2. The van der Waals surface area contributed by atoms with Gasteiger partial charge in [-0.15, -0.1) is 0 Å². The number of benzene rings is 2. The van der Waals surface area contributed by atoms with Crippen LogP contribution < -0.4 is 0 Å². The predicted molar refractivity (Wildman–Crippen MR) is 178 cm³/mol. The van der Waals surface area contributed by atoms with E-state index in [2.05, 4.69) is 9.97 Å². The van der Waals surface area contributed by atoms with Crippen LogP contribution in [0.25, 0.3) is 45.9 Å². The van der Waals surface area contributed by atoms with Crippen LogP contribution in [-0.4, -0.2) is 26.0 Å². The van der Waals surface area contributed by atoms with Gasteiger partial charge in [-0.25, -0.2) is 27.5 Å². The maximum Gasteiger partial charge on any atom is 0.131 e. The molecule has 48 heavy (non-hydrogen) atoms. The summed E-state index contributed by atoms with van der Waals surface area (Å²) in [6.45, 7) is 3.60. The lowest BCUT2D eigenvalue weighted by molar-refractivity contribution is 0.0518. The average Bonchev–Trinajstić information content (AvgIpc) is 3.85. The molecule has 10 heteroatoms. The van der Waals surface area contributed by atoms with Gasteiger partial charge in [0.05, 0.1) is 48.2 Å². The van der Waals surface area contributed by atoms with Crippen LogP contribution in [0.15, 0.2) is 78.9 Å². The Morgan fingerprint density at radius 1 is 0.604 bits per heavy atom. The number of nitrogens with one attached hydrogen (secondary N) is 2. The number of rotatable bonds is 8. The first-order chi connectivity index (χ1) is 23.2. The average molecular weight is 651 g/mol. The molecule has 2 unspecified atom stereocenters. The van der Waals surface area contributed by atoms with Crippen molar-refractivity contribution < 1.29 is 27.0 Å². The van der Waals surface area contributed by atoms with Crippen molar-refractivity contribution in [1.29, 1.82) is 0 Å². The van der Waals surface area contributed by atoms with Crippen LogP contribution in [-0.2, 0) is 22.7 Å². The first-order valence-corrected chi connectivity index (χ1v) is 15.4. The van der Waals surface area contributed by atoms with Crippen molar-refractivity contribution in [3.63, 3.8) is 0 Å². The lowest BCUT2D eigenvalue weighted by atomic mass is 10.1. The van der Waals surface area contributed by atoms with E-state index in [4.69, 9.17) is 19.4 Å². The number of aromatic amines is 2. The van der Waals surface area contributed by atoms with Crippen LogP contribution in [0.4, 0.5) is 17.6 Å². The Labute approximate surface area is 273 Å². The SMILES string of the molecule is CC(OCc1ccc(F)cc1F)C1=Cc2cc3[nH]c(cc4nc(cc5ccc(cc1n2)[nH]5)C=C4)cc3C(C)OCc1ccc(F)cc1F. The summed E-state index contributed by atoms with van der Waals surface area (Å²) in [5, 5.41) is 0. The highest BCUT2D eigenvalue weighted by molar-refractivity contribution is 5.87. The summed E-state index contributed by atoms with van der Waals surface area (Å²) < 4.78 is 67.7. The Balaban J connectivity index is 1.30. The number of fused-ring (bicyclic) bond motifs is 8. The molecule has 0 aliphatic carbocycles. The predicted octanol–water partition coefficient (Wildman–Crippen LogP) is 9.47. The summed E-state index contributed by atoms with van der Waals surface area (Å²) in [4.78, 5) is 16.5. The first kappa shape index (κ1) is 31.3. The second kappa shape index (κ2) is 13.1. The summed E-state index contributed by atoms with van der Waals surface area (Å²) in [6.07, 6.45) is 4.79. The molecule has 2 N–H and O–H groups in total. The fourth-order valence-corrected chi connectivity index (χ4v) is 5.68. The van der Waals surface area contributed by atoms with E-state index in [1.807, 2.05) is 74.5 Å². The summed E-state index contributed by atoms with van der Waals surface area (Å²) in [6, 6.07) is 20.3. The Hall–Kier alpha value is -5.32. The lowest BCUT2D eigenvalue weighted by Crippen LogP contribution is -2.10. The molecule has 3 aromatic heterocycles. The van der Waals surface area contributed by atoms with Gasteiger partial charge < -0.3 is 19.4 Å². The van der Waals surface area contributed by atoms with Gasteiger partial charge in [-0.2, -0.15) is 0 Å². The molecule has 0 spiro atoms. The van der Waals surface area contributed by atoms with Gasteiger partial charge in [0.1, 0.15) is 23.3 Å². The fourth-order valence-electron chi connectivity index (χ4n) is 5.68. The minimum Gasteiger partial charge on any atom is -0.369 e. The topological polar surface area (TPSA) is 75.8 Å². The third-order valence-corrected chi connectivity index (χ3v) is 8.24. The van der Waals surface area contributed by atoms with Crippen molar-refractivity contribution in [3.8, 4) is 0 Å². The molecular weight excluding hydrogens is 620 g/mol. The molecule has 2 aliphatic heterocycles. The van der Waals surface area contributed by atoms with E-state index >= 15 is 0 Å². The molecule has 0 saturated carbocycles. The van der Waals surface area contributed by atoms with Crippen LogP contribution in [0.1, 0.15) is 59.4 Å². The summed E-state index contributed by atoms with van der Waals surface area (Å²) in [5.41, 5.74) is 8.05. The Morgan fingerprint density at radius 2 is 1.21 bits per heavy atom. The highest BCUT2D eigenvalue weighted by atomic mass is 19.1. The van der Waals surface area contributed by atoms with E-state index in [9.17, 15) is 17.6 Å². The zero-order valence-corrected chi connectivity index (χ0v) is 26.0. The van der Waals surface area contributed by atoms with Crippen molar-refractivity contribution in [3.05, 3.63) is 142 Å². The number of halogens is 4. The van der Waals surface area contributed by atoms with E-state index in [0.29, 0.717) is 11.4 Å². The van der Waals surface area contributed by atoms with Gasteiger partial charge in [-0.05, 0) is 86.7 Å². The summed E-state index contributed by atoms with van der Waals surface area (Å²) in [7, 11) is 0. The van der Waals surface area contributed by atoms with E-state index in [0.717, 1.165) is 56.7 Å². The van der Waals surface area contributed by atoms with Gasteiger partial charge in [0.25, 0.3) is 0 Å². The molecule has 2 aromatic carbocycles. The van der Waals surface area contributed by atoms with Gasteiger partial charge in [0.15, 0.2) is 0 Å². The zero-order valence-electron chi connectivity index (χ0n) is 26.0. The molecule has 0 saturated heterocycles. The van der Waals surface area contributed by atoms with Crippen LogP contribution in [0.5, 0.6) is 0 Å². The molecule has 5 heterocycles. The van der Waals surface area contributed by atoms with Crippen molar-refractivity contribution in [2.45, 2.75) is 39.3 Å². The van der Waals surface area contributed by atoms with Crippen molar-refractivity contribution >= 4 is 45.9 Å². The number of nitrogens with zero attached hydrogens (tertiary/aromatic N) is 2. The standard InChI is InChI=1S/C38H30F4N4O2/c1-21(47-19-23-3-5-25(39)11-35(23)41)33-15-31-14-29-8-7-27(43-29)13-28-9-10-30(44-28)17-37-34(16-32(46-37)18-38(33)45-31)22(2)48-20-24-4-6-26(40)12-36(24)42/h3-18,21-22,44-45H,19-20H2,1-2H3. The molecule has 7 rings (SSSR count). The molecule has 242 valence electrons. The van der Waals surface area contributed by atoms with Crippen molar-refractivity contribution in [2.75, 3.05) is 0 Å². The Bertz CT molecular complexity index is 2260. The molecule has 0 radical (unpaired) electrons. The van der Waals surface area contributed by atoms with Gasteiger partial charge in [0.2, 0.25) is 0 Å².